The quantitative estimate of drug-likeness (QED) is 0.466. The highest BCUT2D eigenvalue weighted by atomic mass is 32.3. The van der Waals surface area contributed by atoms with Crippen molar-refractivity contribution in [3.63, 3.8) is 0 Å². The summed E-state index contributed by atoms with van der Waals surface area (Å²) in [5.41, 5.74) is 0. The van der Waals surface area contributed by atoms with Crippen molar-refractivity contribution in [1.29, 1.82) is 0 Å². The summed E-state index contributed by atoms with van der Waals surface area (Å²) in [4.78, 5) is 9.76. The van der Waals surface area contributed by atoms with E-state index in [1.54, 1.807) is 0 Å². The molecule has 0 spiro atoms. The van der Waals surface area contributed by atoms with Crippen molar-refractivity contribution in [3.05, 3.63) is 0 Å². The summed E-state index contributed by atoms with van der Waals surface area (Å²) in [6.45, 7) is 2.31. The molecule has 0 unspecified atom stereocenters. The highest BCUT2D eigenvalue weighted by molar-refractivity contribution is 8.03. The molecular formula is C5H10N2O5S2. The van der Waals surface area contributed by atoms with Gasteiger partial charge in [-0.2, -0.15) is 8.42 Å². The van der Waals surface area contributed by atoms with Crippen LogP contribution in [0.1, 0.15) is 13.8 Å². The zero-order valence-corrected chi connectivity index (χ0v) is 9.30. The lowest BCUT2D eigenvalue weighted by Gasteiger charge is -2.14. The van der Waals surface area contributed by atoms with Crippen LogP contribution in [0.4, 0.5) is 0 Å². The van der Waals surface area contributed by atoms with E-state index < -0.39 is 20.2 Å². The zero-order valence-electron chi connectivity index (χ0n) is 7.67. The average Bonchev–Trinajstić information content (AvgIpc) is 2.04. The summed E-state index contributed by atoms with van der Waals surface area (Å²) in [6.07, 6.45) is 0.800. The predicted octanol–water partition coefficient (Wildman–Crippen LogP) is -0.761. The van der Waals surface area contributed by atoms with E-state index in [1.165, 1.54) is 13.8 Å². The SMILES string of the molecule is CCN(S(=O)(=O)CC)S(=O)(=O)N=C=O. The van der Waals surface area contributed by atoms with Gasteiger partial charge in [-0.1, -0.05) is 15.0 Å². The van der Waals surface area contributed by atoms with Gasteiger partial charge >= 0.3 is 10.2 Å². The molecule has 0 fully saturated rings. The number of hydrogen-bond donors (Lipinski definition) is 0. The highest BCUT2D eigenvalue weighted by Crippen LogP contribution is 2.09. The van der Waals surface area contributed by atoms with Crippen LogP contribution in [0.5, 0.6) is 0 Å². The van der Waals surface area contributed by atoms with Crippen molar-refractivity contribution in [3.8, 4) is 0 Å². The van der Waals surface area contributed by atoms with Crippen molar-refractivity contribution in [2.75, 3.05) is 12.3 Å². The summed E-state index contributed by atoms with van der Waals surface area (Å²) in [7, 11) is -8.36. The topological polar surface area (TPSA) is 101 Å². The van der Waals surface area contributed by atoms with E-state index in [4.69, 9.17) is 0 Å². The van der Waals surface area contributed by atoms with Gasteiger partial charge in [0.15, 0.2) is 0 Å². The number of nitrogens with zero attached hydrogens (tertiary/aromatic N) is 2. The molecule has 0 saturated heterocycles. The molecule has 0 aromatic rings. The molecule has 0 aliphatic carbocycles. The summed E-state index contributed by atoms with van der Waals surface area (Å²) in [6, 6.07) is 0. The molecule has 0 aromatic heterocycles. The summed E-state index contributed by atoms with van der Waals surface area (Å²) < 4.78 is 47.2. The van der Waals surface area contributed by atoms with Crippen LogP contribution in [-0.2, 0) is 25.0 Å². The average molecular weight is 242 g/mol. The molecule has 0 rings (SSSR count). The van der Waals surface area contributed by atoms with Crippen molar-refractivity contribution in [1.82, 2.24) is 3.71 Å². The number of sulfonamides is 1. The monoisotopic (exact) mass is 242 g/mol. The Labute approximate surface area is 82.7 Å². The van der Waals surface area contributed by atoms with Crippen LogP contribution in [-0.4, -0.2) is 38.9 Å². The van der Waals surface area contributed by atoms with Crippen LogP contribution in [0, 0.1) is 0 Å². The van der Waals surface area contributed by atoms with Gasteiger partial charge in [0.1, 0.15) is 0 Å². The molecule has 0 aliphatic heterocycles. The molecule has 0 N–H and O–H groups in total. The van der Waals surface area contributed by atoms with E-state index in [-0.39, 0.29) is 16.0 Å². The van der Waals surface area contributed by atoms with Gasteiger partial charge in [-0.15, -0.1) is 0 Å². The zero-order chi connectivity index (χ0) is 11.4. The maximum Gasteiger partial charge on any atom is 0.345 e. The minimum atomic E-state index is -4.45. The second kappa shape index (κ2) is 4.65. The first-order chi connectivity index (χ1) is 6.31. The fourth-order valence-electron chi connectivity index (χ4n) is 0.740. The first-order valence-corrected chi connectivity index (χ1v) is 6.67. The Morgan fingerprint density at radius 3 is 2.00 bits per heavy atom. The second-order valence-corrected chi connectivity index (χ2v) is 6.08. The maximum absolute atomic E-state index is 11.2. The van der Waals surface area contributed by atoms with E-state index in [2.05, 4.69) is 4.40 Å². The van der Waals surface area contributed by atoms with Crippen LogP contribution in [0.2, 0.25) is 0 Å². The Kier molecular flexibility index (Phi) is 4.40. The molecule has 0 atom stereocenters. The molecule has 14 heavy (non-hydrogen) atoms. The molecule has 0 amide bonds. The fourth-order valence-corrected chi connectivity index (χ4v) is 3.50. The predicted molar refractivity (Wildman–Crippen MR) is 48.9 cm³/mol. The van der Waals surface area contributed by atoms with Crippen LogP contribution in [0.25, 0.3) is 0 Å². The van der Waals surface area contributed by atoms with Gasteiger partial charge in [0.2, 0.25) is 10.0 Å². The third kappa shape index (κ3) is 2.88. The summed E-state index contributed by atoms with van der Waals surface area (Å²) >= 11 is 0. The normalized spacial score (nSPS) is 12.5. The molecular weight excluding hydrogens is 232 g/mol. The van der Waals surface area contributed by atoms with Gasteiger partial charge in [-0.3, -0.25) is 0 Å². The number of hydrogen-bond acceptors (Lipinski definition) is 5. The van der Waals surface area contributed by atoms with Gasteiger partial charge in [0.25, 0.3) is 6.08 Å². The standard InChI is InChI=1S/C5H10N2O5S2/c1-3-7(13(9,10)4-2)14(11,12)6-5-8/h3-4H2,1-2H3. The summed E-state index contributed by atoms with van der Waals surface area (Å²) in [5.74, 6) is -0.381. The minimum Gasteiger partial charge on any atom is -0.211 e. The molecule has 0 bridgehead atoms. The van der Waals surface area contributed by atoms with Gasteiger partial charge in [0, 0.05) is 6.54 Å². The lowest BCUT2D eigenvalue weighted by atomic mass is 10.8. The first kappa shape index (κ1) is 13.2. The van der Waals surface area contributed by atoms with Crippen LogP contribution >= 0.6 is 0 Å². The second-order valence-electron chi connectivity index (χ2n) is 2.15. The Morgan fingerprint density at radius 1 is 1.21 bits per heavy atom. The largest absolute Gasteiger partial charge is 0.345 e. The van der Waals surface area contributed by atoms with Crippen molar-refractivity contribution >= 4 is 26.3 Å². The molecule has 0 heterocycles. The van der Waals surface area contributed by atoms with E-state index in [9.17, 15) is 21.6 Å². The Hall–Kier alpha value is -0.760. The Morgan fingerprint density at radius 2 is 1.71 bits per heavy atom. The molecule has 0 saturated carbocycles. The highest BCUT2D eigenvalue weighted by Gasteiger charge is 2.30. The van der Waals surface area contributed by atoms with Crippen LogP contribution in [0.15, 0.2) is 4.40 Å². The Balaban J connectivity index is 5.44. The van der Waals surface area contributed by atoms with Crippen LogP contribution < -0.4 is 0 Å². The molecule has 0 aromatic carbocycles. The minimum absolute atomic E-state index is 0.158. The molecule has 0 aliphatic rings. The van der Waals surface area contributed by atoms with E-state index in [0.717, 1.165) is 6.08 Å². The van der Waals surface area contributed by atoms with E-state index in [1.807, 2.05) is 0 Å². The number of carbonyl (C=O) groups excluding carboxylic acids is 1. The molecule has 9 heteroatoms. The van der Waals surface area contributed by atoms with Crippen LogP contribution in [0.3, 0.4) is 0 Å². The van der Waals surface area contributed by atoms with Crippen molar-refractivity contribution in [2.24, 2.45) is 4.40 Å². The maximum atomic E-state index is 11.2. The number of isocyanates is 1. The third-order valence-electron chi connectivity index (χ3n) is 1.34. The third-order valence-corrected chi connectivity index (χ3v) is 5.28. The van der Waals surface area contributed by atoms with Crippen molar-refractivity contribution in [2.45, 2.75) is 13.8 Å². The van der Waals surface area contributed by atoms with E-state index in [0.29, 0.717) is 0 Å². The summed E-state index contributed by atoms with van der Waals surface area (Å²) in [5, 5.41) is 0. The van der Waals surface area contributed by atoms with Gasteiger partial charge in [-0.05, 0) is 6.92 Å². The molecule has 0 radical (unpaired) electrons. The van der Waals surface area contributed by atoms with Gasteiger partial charge in [-0.25, -0.2) is 13.2 Å². The fraction of sp³-hybridized carbons (Fsp3) is 0.800. The lowest BCUT2D eigenvalue weighted by molar-refractivity contribution is 0.507. The number of rotatable bonds is 5. The first-order valence-electron chi connectivity index (χ1n) is 3.66. The molecule has 82 valence electrons. The van der Waals surface area contributed by atoms with E-state index >= 15 is 0 Å². The smallest absolute Gasteiger partial charge is 0.211 e. The molecule has 7 nitrogen and oxygen atoms in total. The van der Waals surface area contributed by atoms with Gasteiger partial charge in [0.05, 0.1) is 5.75 Å². The Bertz CT molecular complexity index is 431. The lowest BCUT2D eigenvalue weighted by Crippen LogP contribution is -2.36. The van der Waals surface area contributed by atoms with Crippen molar-refractivity contribution < 1.29 is 21.6 Å². The van der Waals surface area contributed by atoms with Gasteiger partial charge < -0.3 is 0 Å².